The third-order valence-electron chi connectivity index (χ3n) is 5.14. The van der Waals surface area contributed by atoms with E-state index in [0.717, 1.165) is 25.9 Å². The molecule has 0 amide bonds. The number of halogens is 4. The van der Waals surface area contributed by atoms with Crippen LogP contribution in [0.1, 0.15) is 30.1 Å². The van der Waals surface area contributed by atoms with E-state index in [1.165, 1.54) is 37.4 Å². The number of hydrogen-bond donors (Lipinski definition) is 3. The number of methoxy groups -OCH3 is 1. The van der Waals surface area contributed by atoms with Crippen molar-refractivity contribution >= 4 is 44.9 Å². The van der Waals surface area contributed by atoms with Gasteiger partial charge in [-0.1, -0.05) is 18.5 Å². The summed E-state index contributed by atoms with van der Waals surface area (Å²) in [7, 11) is -2.71. The number of aromatic carboxylic acids is 1. The normalized spacial score (nSPS) is 15.9. The predicted molar refractivity (Wildman–Crippen MR) is 127 cm³/mol. The van der Waals surface area contributed by atoms with E-state index in [1.807, 2.05) is 0 Å². The number of sulfonamides is 1. The summed E-state index contributed by atoms with van der Waals surface area (Å²) in [5, 5.41) is 16.7. The van der Waals surface area contributed by atoms with Crippen molar-refractivity contribution in [3.05, 3.63) is 47.0 Å². The molecule has 198 valence electrons. The summed E-state index contributed by atoms with van der Waals surface area (Å²) in [4.78, 5) is 22.3. The number of anilines is 2. The predicted octanol–water partition coefficient (Wildman–Crippen LogP) is 4.72. The second-order valence-corrected chi connectivity index (χ2v) is 10.0. The average molecular weight is 553 g/mol. The van der Waals surface area contributed by atoms with Gasteiger partial charge in [0.15, 0.2) is 0 Å². The van der Waals surface area contributed by atoms with E-state index in [2.05, 4.69) is 16.5 Å². The Hall–Kier alpha value is -3.19. The molecule has 9 nitrogen and oxygen atoms in total. The summed E-state index contributed by atoms with van der Waals surface area (Å²) in [6.45, 7) is 3.67. The molecule has 0 radical (unpaired) electrons. The molecular weight excluding hydrogens is 529 g/mol. The van der Waals surface area contributed by atoms with Gasteiger partial charge in [-0.15, -0.1) is 0 Å². The molecule has 3 N–H and O–H groups in total. The van der Waals surface area contributed by atoms with Crippen LogP contribution in [0.2, 0.25) is 5.02 Å². The van der Waals surface area contributed by atoms with E-state index in [4.69, 9.17) is 26.2 Å². The van der Waals surface area contributed by atoms with Crippen molar-refractivity contribution in [2.45, 2.75) is 30.8 Å². The lowest BCUT2D eigenvalue weighted by Gasteiger charge is -2.34. The van der Waals surface area contributed by atoms with Gasteiger partial charge < -0.3 is 19.8 Å². The van der Waals surface area contributed by atoms with Gasteiger partial charge in [0.05, 0.1) is 24.0 Å². The number of nitrogens with zero attached hydrogens (tertiary/aromatic N) is 1. The molecular formula is C22H24ClF3N2O7S. The minimum absolute atomic E-state index is 0.00503. The Labute approximate surface area is 210 Å². The average Bonchev–Trinajstić information content (AvgIpc) is 2.78. The van der Waals surface area contributed by atoms with Crippen molar-refractivity contribution in [1.29, 1.82) is 0 Å². The van der Waals surface area contributed by atoms with Gasteiger partial charge in [0.25, 0.3) is 10.0 Å². The Morgan fingerprint density at radius 1 is 1.17 bits per heavy atom. The Bertz CT molecular complexity index is 1220. The van der Waals surface area contributed by atoms with Crippen LogP contribution in [0.3, 0.4) is 0 Å². The van der Waals surface area contributed by atoms with E-state index >= 15 is 0 Å². The largest absolute Gasteiger partial charge is 0.495 e. The highest BCUT2D eigenvalue weighted by Gasteiger charge is 2.38. The monoisotopic (exact) mass is 552 g/mol. The first-order valence-corrected chi connectivity index (χ1v) is 12.3. The fraction of sp³-hybridized carbons (Fsp3) is 0.364. The summed E-state index contributed by atoms with van der Waals surface area (Å²) < 4.78 is 65.6. The Kier molecular flexibility index (Phi) is 9.44. The zero-order chi connectivity index (χ0) is 27.3. The summed E-state index contributed by atoms with van der Waals surface area (Å²) in [5.74, 6) is -3.29. The number of nitrogens with one attached hydrogen (secondary N) is 1. The van der Waals surface area contributed by atoms with Crippen LogP contribution in [0.15, 0.2) is 41.3 Å². The summed E-state index contributed by atoms with van der Waals surface area (Å²) in [5.41, 5.74) is 0.849. The van der Waals surface area contributed by atoms with Gasteiger partial charge in [-0.2, -0.15) is 13.2 Å². The maximum absolute atomic E-state index is 13.1. The Morgan fingerprint density at radius 2 is 1.81 bits per heavy atom. The van der Waals surface area contributed by atoms with Gasteiger partial charge >= 0.3 is 18.1 Å². The molecule has 1 unspecified atom stereocenters. The van der Waals surface area contributed by atoms with Gasteiger partial charge in [-0.3, -0.25) is 4.72 Å². The second kappa shape index (κ2) is 11.7. The number of piperidine rings is 1. The maximum Gasteiger partial charge on any atom is 0.490 e. The highest BCUT2D eigenvalue weighted by atomic mass is 35.5. The minimum Gasteiger partial charge on any atom is -0.495 e. The number of carboxylic acids is 2. The molecule has 2 aromatic carbocycles. The van der Waals surface area contributed by atoms with Crippen molar-refractivity contribution in [2.24, 2.45) is 5.92 Å². The van der Waals surface area contributed by atoms with Gasteiger partial charge in [0.1, 0.15) is 10.6 Å². The molecule has 0 bridgehead atoms. The molecule has 1 heterocycles. The van der Waals surface area contributed by atoms with Gasteiger partial charge in [-0.25, -0.2) is 18.0 Å². The molecule has 0 saturated carbocycles. The van der Waals surface area contributed by atoms with Crippen LogP contribution < -0.4 is 14.4 Å². The molecule has 2 aromatic rings. The lowest BCUT2D eigenvalue weighted by atomic mass is 9.99. The third kappa shape index (κ3) is 7.65. The topological polar surface area (TPSA) is 133 Å². The van der Waals surface area contributed by atoms with E-state index in [9.17, 15) is 31.5 Å². The number of carbonyl (C=O) groups is 2. The smallest absolute Gasteiger partial charge is 0.490 e. The zero-order valence-corrected chi connectivity index (χ0v) is 20.7. The molecule has 1 saturated heterocycles. The number of rotatable bonds is 6. The van der Waals surface area contributed by atoms with E-state index in [1.54, 1.807) is 6.07 Å². The van der Waals surface area contributed by atoms with E-state index in [0.29, 0.717) is 11.6 Å². The lowest BCUT2D eigenvalue weighted by Crippen LogP contribution is -2.35. The van der Waals surface area contributed by atoms with Crippen LogP contribution in [0.4, 0.5) is 24.5 Å². The molecule has 0 aliphatic carbocycles. The molecule has 0 aromatic heterocycles. The van der Waals surface area contributed by atoms with Crippen molar-refractivity contribution in [3.8, 4) is 5.75 Å². The highest BCUT2D eigenvalue weighted by molar-refractivity contribution is 7.92. The van der Waals surface area contributed by atoms with Crippen LogP contribution in [0, 0.1) is 5.92 Å². The van der Waals surface area contributed by atoms with Gasteiger partial charge in [0, 0.05) is 18.1 Å². The third-order valence-corrected chi connectivity index (χ3v) is 6.77. The van der Waals surface area contributed by atoms with Crippen molar-refractivity contribution in [2.75, 3.05) is 29.8 Å². The minimum atomic E-state index is -5.08. The number of carboxylic acid groups (broad SMARTS) is 2. The number of benzene rings is 2. The molecule has 0 spiro atoms. The molecule has 1 aliphatic heterocycles. The van der Waals surface area contributed by atoms with E-state index in [-0.39, 0.29) is 26.9 Å². The van der Waals surface area contributed by atoms with Crippen LogP contribution in [0.5, 0.6) is 5.75 Å². The fourth-order valence-electron chi connectivity index (χ4n) is 3.50. The zero-order valence-electron chi connectivity index (χ0n) is 19.2. The Morgan fingerprint density at radius 3 is 2.33 bits per heavy atom. The first kappa shape index (κ1) is 29.0. The molecule has 1 atom stereocenters. The SMILES string of the molecule is COc1ccc(Cl)cc1S(=O)(=O)Nc1cc(C(=O)O)ccc1N1CCCC(C)C1.O=C(O)C(F)(F)F. The maximum atomic E-state index is 13.1. The van der Waals surface area contributed by atoms with Crippen molar-refractivity contribution < 1.29 is 46.1 Å². The van der Waals surface area contributed by atoms with Gasteiger partial charge in [-0.05, 0) is 55.2 Å². The number of aliphatic carboxylic acids is 1. The van der Waals surface area contributed by atoms with Crippen LogP contribution in [-0.4, -0.2) is 56.9 Å². The van der Waals surface area contributed by atoms with Gasteiger partial charge in [0.2, 0.25) is 0 Å². The van der Waals surface area contributed by atoms with Crippen molar-refractivity contribution in [3.63, 3.8) is 0 Å². The first-order valence-electron chi connectivity index (χ1n) is 10.4. The van der Waals surface area contributed by atoms with Crippen LogP contribution in [-0.2, 0) is 14.8 Å². The number of alkyl halides is 3. The molecule has 14 heteroatoms. The van der Waals surface area contributed by atoms with Crippen molar-refractivity contribution in [1.82, 2.24) is 0 Å². The van der Waals surface area contributed by atoms with E-state index < -0.39 is 28.1 Å². The first-order chi connectivity index (χ1) is 16.7. The highest BCUT2D eigenvalue weighted by Crippen LogP contribution is 2.34. The Balaban J connectivity index is 0.000000572. The van der Waals surface area contributed by atoms with Crippen LogP contribution in [0.25, 0.3) is 0 Å². The lowest BCUT2D eigenvalue weighted by molar-refractivity contribution is -0.192. The number of hydrogen-bond acceptors (Lipinski definition) is 6. The second-order valence-electron chi connectivity index (χ2n) is 7.93. The molecule has 36 heavy (non-hydrogen) atoms. The fourth-order valence-corrected chi connectivity index (χ4v) is 4.99. The quantitative estimate of drug-likeness (QED) is 0.469. The summed E-state index contributed by atoms with van der Waals surface area (Å²) in [6.07, 6.45) is -3.00. The summed E-state index contributed by atoms with van der Waals surface area (Å²) in [6, 6.07) is 8.77. The standard InChI is InChI=1S/C20H23ClN2O5S.C2HF3O2/c1-13-4-3-9-23(12-13)17-7-5-14(20(24)25)10-16(17)22-29(26,27)19-11-15(21)6-8-18(19)28-2;3-2(4,5)1(6)7/h5-8,10-11,13,22H,3-4,9,12H2,1-2H3,(H,24,25);(H,6,7). The molecule has 1 aliphatic rings. The molecule has 3 rings (SSSR count). The molecule has 1 fully saturated rings. The summed E-state index contributed by atoms with van der Waals surface area (Å²) >= 11 is 5.98. The van der Waals surface area contributed by atoms with Crippen LogP contribution >= 0.6 is 11.6 Å². The number of ether oxygens (including phenoxy) is 1.